The van der Waals surface area contributed by atoms with E-state index < -0.39 is 0 Å². The van der Waals surface area contributed by atoms with E-state index in [0.29, 0.717) is 6.42 Å². The van der Waals surface area contributed by atoms with Crippen LogP contribution in [-0.2, 0) is 4.79 Å². The van der Waals surface area contributed by atoms with E-state index in [4.69, 9.17) is 0 Å². The summed E-state index contributed by atoms with van der Waals surface area (Å²) >= 11 is 0. The van der Waals surface area contributed by atoms with Crippen molar-refractivity contribution in [1.29, 1.82) is 0 Å². The highest BCUT2D eigenvalue weighted by molar-refractivity contribution is 5.75. The SMILES string of the molecule is C=N/C(=C\C)CCC(C)=O. The molecule has 10 heavy (non-hydrogen) atoms. The second kappa shape index (κ2) is 4.91. The zero-order chi connectivity index (χ0) is 7.98. The maximum atomic E-state index is 10.5. The summed E-state index contributed by atoms with van der Waals surface area (Å²) in [6.07, 6.45) is 3.16. The highest BCUT2D eigenvalue weighted by atomic mass is 16.1. The van der Waals surface area contributed by atoms with Crippen LogP contribution >= 0.6 is 0 Å². The van der Waals surface area contributed by atoms with Crippen molar-refractivity contribution in [2.24, 2.45) is 4.99 Å². The Bertz CT molecular complexity index is 159. The molecule has 0 heterocycles. The number of carbonyl (C=O) groups excluding carboxylic acids is 1. The van der Waals surface area contributed by atoms with E-state index in [0.717, 1.165) is 12.1 Å². The molecule has 0 radical (unpaired) electrons. The molecule has 2 nitrogen and oxygen atoms in total. The van der Waals surface area contributed by atoms with Gasteiger partial charge in [-0.1, -0.05) is 6.08 Å². The number of allylic oxidation sites excluding steroid dienone is 2. The number of hydrogen-bond donors (Lipinski definition) is 0. The Morgan fingerprint density at radius 2 is 2.20 bits per heavy atom. The number of nitrogens with zero attached hydrogens (tertiary/aromatic N) is 1. The molecule has 0 N–H and O–H groups in total. The van der Waals surface area contributed by atoms with E-state index in [9.17, 15) is 4.79 Å². The van der Waals surface area contributed by atoms with Crippen LogP contribution in [0.4, 0.5) is 0 Å². The van der Waals surface area contributed by atoms with E-state index in [1.165, 1.54) is 0 Å². The summed E-state index contributed by atoms with van der Waals surface area (Å²) < 4.78 is 0. The molecule has 56 valence electrons. The zero-order valence-corrected chi connectivity index (χ0v) is 6.55. The Balaban J connectivity index is 3.66. The molecule has 0 aliphatic carbocycles. The smallest absolute Gasteiger partial charge is 0.130 e. The van der Waals surface area contributed by atoms with Crippen LogP contribution < -0.4 is 0 Å². The number of hydrogen-bond acceptors (Lipinski definition) is 2. The first-order valence-corrected chi connectivity index (χ1v) is 3.32. The summed E-state index contributed by atoms with van der Waals surface area (Å²) in [5.74, 6) is 0.197. The molecule has 0 aromatic heterocycles. The van der Waals surface area contributed by atoms with E-state index in [1.54, 1.807) is 6.92 Å². The van der Waals surface area contributed by atoms with Crippen molar-refractivity contribution in [2.45, 2.75) is 26.7 Å². The summed E-state index contributed by atoms with van der Waals surface area (Å²) in [7, 11) is 0. The fourth-order valence-electron chi connectivity index (χ4n) is 0.619. The Labute approximate surface area is 61.7 Å². The number of ketones is 1. The van der Waals surface area contributed by atoms with E-state index >= 15 is 0 Å². The van der Waals surface area contributed by atoms with Gasteiger partial charge in [-0.2, -0.15) is 0 Å². The molecule has 0 saturated heterocycles. The van der Waals surface area contributed by atoms with Gasteiger partial charge in [-0.05, 0) is 27.0 Å². The van der Waals surface area contributed by atoms with Crippen LogP contribution in [0.2, 0.25) is 0 Å². The lowest BCUT2D eigenvalue weighted by atomic mass is 10.2. The van der Waals surface area contributed by atoms with Crippen LogP contribution in [0.3, 0.4) is 0 Å². The number of rotatable bonds is 4. The van der Waals surface area contributed by atoms with Gasteiger partial charge in [0.1, 0.15) is 5.78 Å². The second-order valence-corrected chi connectivity index (χ2v) is 2.14. The van der Waals surface area contributed by atoms with Gasteiger partial charge in [-0.25, -0.2) is 0 Å². The van der Waals surface area contributed by atoms with Crippen LogP contribution in [0.25, 0.3) is 0 Å². The highest BCUT2D eigenvalue weighted by Gasteiger charge is 1.95. The van der Waals surface area contributed by atoms with Crippen LogP contribution in [0.1, 0.15) is 26.7 Å². The minimum absolute atomic E-state index is 0.197. The molecule has 0 aromatic rings. The van der Waals surface area contributed by atoms with Gasteiger partial charge in [0.05, 0.1) is 0 Å². The third-order valence-electron chi connectivity index (χ3n) is 1.27. The Hall–Kier alpha value is -0.920. The monoisotopic (exact) mass is 139 g/mol. The molecule has 0 saturated carbocycles. The Morgan fingerprint density at radius 1 is 1.60 bits per heavy atom. The van der Waals surface area contributed by atoms with Gasteiger partial charge in [0.15, 0.2) is 0 Å². The number of aliphatic imine (C=N–C) groups is 1. The van der Waals surface area contributed by atoms with Gasteiger partial charge in [-0.15, -0.1) is 0 Å². The summed E-state index contributed by atoms with van der Waals surface area (Å²) in [5.41, 5.74) is 0.898. The number of carbonyl (C=O) groups is 1. The first-order valence-electron chi connectivity index (χ1n) is 3.32. The quantitative estimate of drug-likeness (QED) is 0.547. The van der Waals surface area contributed by atoms with Gasteiger partial charge in [0.2, 0.25) is 0 Å². The fourth-order valence-corrected chi connectivity index (χ4v) is 0.619. The first kappa shape index (κ1) is 9.08. The summed E-state index contributed by atoms with van der Waals surface area (Å²) in [6.45, 7) is 6.85. The fraction of sp³-hybridized carbons (Fsp3) is 0.500. The summed E-state index contributed by atoms with van der Waals surface area (Å²) in [5, 5.41) is 0. The Kier molecular flexibility index (Phi) is 4.46. The normalized spacial score (nSPS) is 11.2. The lowest BCUT2D eigenvalue weighted by molar-refractivity contribution is -0.116. The predicted molar refractivity (Wildman–Crippen MR) is 43.2 cm³/mol. The molecule has 0 fully saturated rings. The van der Waals surface area contributed by atoms with Crippen LogP contribution in [0.5, 0.6) is 0 Å². The third kappa shape index (κ3) is 4.01. The van der Waals surface area contributed by atoms with Crippen LogP contribution in [0.15, 0.2) is 16.8 Å². The van der Waals surface area contributed by atoms with Crippen molar-refractivity contribution >= 4 is 12.5 Å². The third-order valence-corrected chi connectivity index (χ3v) is 1.27. The maximum Gasteiger partial charge on any atom is 0.130 e. The summed E-state index contributed by atoms with van der Waals surface area (Å²) in [6, 6.07) is 0. The van der Waals surface area contributed by atoms with Crippen molar-refractivity contribution in [3.8, 4) is 0 Å². The molecule has 2 heteroatoms. The molecule has 0 atom stereocenters. The molecule has 0 bridgehead atoms. The minimum Gasteiger partial charge on any atom is -0.300 e. The molecule has 0 aromatic carbocycles. The molecular formula is C8H13NO. The second-order valence-electron chi connectivity index (χ2n) is 2.14. The van der Waals surface area contributed by atoms with Crippen LogP contribution in [0, 0.1) is 0 Å². The predicted octanol–water partition coefficient (Wildman–Crippen LogP) is 1.96. The van der Waals surface area contributed by atoms with Gasteiger partial charge in [0, 0.05) is 12.1 Å². The van der Waals surface area contributed by atoms with Crippen LogP contribution in [-0.4, -0.2) is 12.5 Å². The zero-order valence-electron chi connectivity index (χ0n) is 6.55. The van der Waals surface area contributed by atoms with Gasteiger partial charge < -0.3 is 4.79 Å². The average molecular weight is 139 g/mol. The van der Waals surface area contributed by atoms with E-state index in [2.05, 4.69) is 11.7 Å². The molecule has 0 spiro atoms. The molecule has 0 aliphatic rings. The standard InChI is InChI=1S/C8H13NO/c1-4-8(9-3)6-5-7(2)10/h4H,3,5-6H2,1-2H3/b8-4-. The lowest BCUT2D eigenvalue weighted by Gasteiger charge is -1.95. The van der Waals surface area contributed by atoms with Crippen molar-refractivity contribution in [2.75, 3.05) is 0 Å². The maximum absolute atomic E-state index is 10.5. The highest BCUT2D eigenvalue weighted by Crippen LogP contribution is 2.05. The molecule has 0 unspecified atom stereocenters. The number of Topliss-reactive ketones (excluding diaryl/α,β-unsaturated/α-hetero) is 1. The average Bonchev–Trinajstić information content (AvgIpc) is 1.90. The van der Waals surface area contributed by atoms with E-state index in [-0.39, 0.29) is 5.78 Å². The van der Waals surface area contributed by atoms with Crippen molar-refractivity contribution in [3.63, 3.8) is 0 Å². The molecular weight excluding hydrogens is 126 g/mol. The van der Waals surface area contributed by atoms with Gasteiger partial charge in [-0.3, -0.25) is 4.99 Å². The molecule has 0 rings (SSSR count). The largest absolute Gasteiger partial charge is 0.300 e. The molecule has 0 amide bonds. The minimum atomic E-state index is 0.197. The first-order chi connectivity index (χ1) is 4.70. The topological polar surface area (TPSA) is 29.4 Å². The van der Waals surface area contributed by atoms with Crippen molar-refractivity contribution in [3.05, 3.63) is 11.8 Å². The molecule has 0 aliphatic heterocycles. The lowest BCUT2D eigenvalue weighted by Crippen LogP contribution is -1.89. The Morgan fingerprint density at radius 3 is 2.50 bits per heavy atom. The van der Waals surface area contributed by atoms with Crippen molar-refractivity contribution in [1.82, 2.24) is 0 Å². The summed E-state index contributed by atoms with van der Waals surface area (Å²) in [4.78, 5) is 14.2. The van der Waals surface area contributed by atoms with Gasteiger partial charge >= 0.3 is 0 Å². The van der Waals surface area contributed by atoms with Gasteiger partial charge in [0.25, 0.3) is 0 Å². The van der Waals surface area contributed by atoms with E-state index in [1.807, 2.05) is 13.0 Å². The van der Waals surface area contributed by atoms with Crippen molar-refractivity contribution < 1.29 is 4.79 Å².